The highest BCUT2D eigenvalue weighted by molar-refractivity contribution is 6.00. The van der Waals surface area contributed by atoms with Gasteiger partial charge in [0.1, 0.15) is 0 Å². The van der Waals surface area contributed by atoms with E-state index < -0.39 is 0 Å². The third kappa shape index (κ3) is 18.1. The molecule has 0 fully saturated rings. The lowest BCUT2D eigenvalue weighted by Crippen LogP contribution is -2.21. The second-order valence-electron chi connectivity index (χ2n) is 11.0. The van der Waals surface area contributed by atoms with Gasteiger partial charge in [0.15, 0.2) is 0 Å². The number of unbranched alkanes of at least 4 members (excludes halogenated alkanes) is 12. The Morgan fingerprint density at radius 3 is 1.35 bits per heavy atom. The zero-order valence-electron chi connectivity index (χ0n) is 23.6. The number of carbonyl (C=O) groups excluding carboxylic acids is 2. The van der Waals surface area contributed by atoms with Gasteiger partial charge in [0.2, 0.25) is 0 Å². The summed E-state index contributed by atoms with van der Waals surface area (Å²) < 4.78 is 11.3. The molecule has 0 heterocycles. The molecule has 0 unspecified atom stereocenters. The summed E-state index contributed by atoms with van der Waals surface area (Å²) in [7, 11) is 0. The lowest BCUT2D eigenvalue weighted by Gasteiger charge is -2.22. The average molecular weight is 481 g/mol. The van der Waals surface area contributed by atoms with Gasteiger partial charge in [0.05, 0.1) is 13.2 Å². The molecule has 200 valence electrons. The van der Waals surface area contributed by atoms with E-state index in [4.69, 9.17) is 9.47 Å². The molecule has 0 spiro atoms. The van der Waals surface area contributed by atoms with Crippen molar-refractivity contribution in [3.8, 4) is 0 Å². The van der Waals surface area contributed by atoms with Gasteiger partial charge in [-0.15, -0.1) is 0 Å². The number of hydrogen-bond acceptors (Lipinski definition) is 4. The number of rotatable bonds is 21. The summed E-state index contributed by atoms with van der Waals surface area (Å²) in [6.07, 6.45) is 17.9. The molecular formula is C30H56O4. The summed E-state index contributed by atoms with van der Waals surface area (Å²) in [6, 6.07) is 0. The molecule has 0 aromatic heterocycles. The highest BCUT2D eigenvalue weighted by Gasteiger charge is 2.27. The normalized spacial score (nSPS) is 12.4. The summed E-state index contributed by atoms with van der Waals surface area (Å²) in [5, 5.41) is 0. The molecule has 0 amide bonds. The van der Waals surface area contributed by atoms with Gasteiger partial charge in [-0.1, -0.05) is 119 Å². The van der Waals surface area contributed by atoms with Gasteiger partial charge in [-0.3, -0.25) is 0 Å². The number of carbonyl (C=O) groups is 2. The number of esters is 2. The Morgan fingerprint density at radius 2 is 0.912 bits per heavy atom. The first-order valence-electron chi connectivity index (χ1n) is 14.3. The quantitative estimate of drug-likeness (QED) is 0.0933. The average Bonchev–Trinajstić information content (AvgIpc) is 2.78. The van der Waals surface area contributed by atoms with E-state index >= 15 is 0 Å². The predicted octanol–water partition coefficient (Wildman–Crippen LogP) is 9.11. The Hall–Kier alpha value is -1.32. The topological polar surface area (TPSA) is 52.6 Å². The predicted molar refractivity (Wildman–Crippen MR) is 144 cm³/mol. The first-order chi connectivity index (χ1) is 16.3. The second-order valence-corrected chi connectivity index (χ2v) is 11.0. The van der Waals surface area contributed by atoms with E-state index in [1.807, 2.05) is 0 Å². The van der Waals surface area contributed by atoms with Crippen molar-refractivity contribution in [2.24, 2.45) is 5.41 Å². The van der Waals surface area contributed by atoms with Gasteiger partial charge in [-0.2, -0.15) is 0 Å². The SMILES string of the molecule is CCCCCCCCOC(=O)C(CCCCC)=C(CC(C)(C)C)C(=O)OCCCCCCCC. The summed E-state index contributed by atoms with van der Waals surface area (Å²) in [6.45, 7) is 13.7. The van der Waals surface area contributed by atoms with Gasteiger partial charge in [0.25, 0.3) is 0 Å². The molecule has 34 heavy (non-hydrogen) atoms. The van der Waals surface area contributed by atoms with Crippen molar-refractivity contribution < 1.29 is 19.1 Å². The lowest BCUT2D eigenvalue weighted by atomic mass is 9.85. The van der Waals surface area contributed by atoms with E-state index in [1.165, 1.54) is 51.4 Å². The van der Waals surface area contributed by atoms with Crippen LogP contribution in [-0.2, 0) is 19.1 Å². The molecule has 0 aromatic rings. The Labute approximate surface area is 211 Å². The second kappa shape index (κ2) is 21.0. The molecule has 0 saturated heterocycles. The fourth-order valence-electron chi connectivity index (χ4n) is 4.03. The van der Waals surface area contributed by atoms with E-state index in [0.717, 1.165) is 44.9 Å². The van der Waals surface area contributed by atoms with Gasteiger partial charge in [-0.25, -0.2) is 9.59 Å². The van der Waals surface area contributed by atoms with Crippen LogP contribution in [0.3, 0.4) is 0 Å². The smallest absolute Gasteiger partial charge is 0.334 e. The monoisotopic (exact) mass is 480 g/mol. The molecule has 0 radical (unpaired) electrons. The van der Waals surface area contributed by atoms with Crippen molar-refractivity contribution >= 4 is 11.9 Å². The molecule has 0 saturated carbocycles. The maximum atomic E-state index is 13.1. The van der Waals surface area contributed by atoms with E-state index in [9.17, 15) is 9.59 Å². The van der Waals surface area contributed by atoms with Crippen molar-refractivity contribution in [3.63, 3.8) is 0 Å². The molecular weight excluding hydrogens is 424 g/mol. The molecule has 0 N–H and O–H groups in total. The van der Waals surface area contributed by atoms with E-state index in [2.05, 4.69) is 41.5 Å². The van der Waals surface area contributed by atoms with Crippen LogP contribution in [0.1, 0.15) is 151 Å². The summed E-state index contributed by atoms with van der Waals surface area (Å²) in [5.41, 5.74) is 0.953. The Morgan fingerprint density at radius 1 is 0.529 bits per heavy atom. The van der Waals surface area contributed by atoms with Crippen LogP contribution < -0.4 is 0 Å². The van der Waals surface area contributed by atoms with Crippen molar-refractivity contribution in [2.45, 2.75) is 151 Å². The fraction of sp³-hybridized carbons (Fsp3) is 0.867. The molecule has 0 aliphatic rings. The molecule has 4 nitrogen and oxygen atoms in total. The molecule has 0 rings (SSSR count). The minimum absolute atomic E-state index is 0.121. The minimum atomic E-state index is -0.327. The highest BCUT2D eigenvalue weighted by Crippen LogP contribution is 2.29. The highest BCUT2D eigenvalue weighted by atomic mass is 16.5. The lowest BCUT2D eigenvalue weighted by molar-refractivity contribution is -0.143. The van der Waals surface area contributed by atoms with Crippen molar-refractivity contribution in [3.05, 3.63) is 11.1 Å². The van der Waals surface area contributed by atoms with Gasteiger partial charge in [0, 0.05) is 11.1 Å². The van der Waals surface area contributed by atoms with Crippen molar-refractivity contribution in [1.29, 1.82) is 0 Å². The molecule has 0 aromatic carbocycles. The van der Waals surface area contributed by atoms with Gasteiger partial charge < -0.3 is 9.47 Å². The Kier molecular flexibility index (Phi) is 20.2. The van der Waals surface area contributed by atoms with E-state index in [-0.39, 0.29) is 17.4 Å². The maximum absolute atomic E-state index is 13.1. The van der Waals surface area contributed by atoms with Crippen LogP contribution in [0, 0.1) is 5.41 Å². The summed E-state index contributed by atoms with van der Waals surface area (Å²) >= 11 is 0. The van der Waals surface area contributed by atoms with Gasteiger partial charge >= 0.3 is 11.9 Å². The zero-order valence-corrected chi connectivity index (χ0v) is 23.6. The first kappa shape index (κ1) is 32.7. The van der Waals surface area contributed by atoms with Crippen molar-refractivity contribution in [1.82, 2.24) is 0 Å². The van der Waals surface area contributed by atoms with Crippen molar-refractivity contribution in [2.75, 3.05) is 13.2 Å². The van der Waals surface area contributed by atoms with E-state index in [0.29, 0.717) is 37.2 Å². The van der Waals surface area contributed by atoms with Crippen LogP contribution in [-0.4, -0.2) is 25.2 Å². The van der Waals surface area contributed by atoms with Crippen LogP contribution in [0.15, 0.2) is 11.1 Å². The standard InChI is InChI=1S/C30H56O4/c1-7-10-13-15-17-20-23-33-28(31)26(22-19-12-9-3)27(25-30(4,5)6)29(32)34-24-21-18-16-14-11-8-2/h7-25H2,1-6H3. The summed E-state index contributed by atoms with van der Waals surface area (Å²) in [4.78, 5) is 26.2. The van der Waals surface area contributed by atoms with Crippen LogP contribution in [0.25, 0.3) is 0 Å². The van der Waals surface area contributed by atoms with E-state index in [1.54, 1.807) is 0 Å². The molecule has 0 aliphatic heterocycles. The maximum Gasteiger partial charge on any atom is 0.334 e. The Bertz CT molecular complexity index is 557. The minimum Gasteiger partial charge on any atom is -0.462 e. The first-order valence-corrected chi connectivity index (χ1v) is 14.3. The molecule has 4 heteroatoms. The molecule has 0 bridgehead atoms. The summed E-state index contributed by atoms with van der Waals surface area (Å²) in [5.74, 6) is -0.646. The number of ether oxygens (including phenoxy) is 2. The fourth-order valence-corrected chi connectivity index (χ4v) is 4.03. The van der Waals surface area contributed by atoms with Crippen LogP contribution in [0.2, 0.25) is 0 Å². The van der Waals surface area contributed by atoms with Crippen LogP contribution in [0.5, 0.6) is 0 Å². The third-order valence-electron chi connectivity index (χ3n) is 6.06. The molecule has 0 atom stereocenters. The largest absolute Gasteiger partial charge is 0.462 e. The third-order valence-corrected chi connectivity index (χ3v) is 6.06. The van der Waals surface area contributed by atoms with Crippen LogP contribution in [0.4, 0.5) is 0 Å². The molecule has 0 aliphatic carbocycles. The zero-order chi connectivity index (χ0) is 25.7. The van der Waals surface area contributed by atoms with Crippen LogP contribution >= 0.6 is 0 Å². The Balaban J connectivity index is 5.16. The number of hydrogen-bond donors (Lipinski definition) is 0. The van der Waals surface area contributed by atoms with Gasteiger partial charge in [-0.05, 0) is 37.5 Å².